The first-order valence-corrected chi connectivity index (χ1v) is 11.3. The normalized spacial score (nSPS) is 17.4. The third-order valence-electron chi connectivity index (χ3n) is 6.22. The van der Waals surface area contributed by atoms with E-state index >= 15 is 0 Å². The van der Waals surface area contributed by atoms with Gasteiger partial charge in [-0.3, -0.25) is 9.78 Å². The molecule has 0 atom stereocenters. The van der Waals surface area contributed by atoms with Crippen LogP contribution < -0.4 is 9.64 Å². The maximum absolute atomic E-state index is 14.0. The van der Waals surface area contributed by atoms with Crippen molar-refractivity contribution in [1.29, 1.82) is 0 Å². The zero-order valence-electron chi connectivity index (χ0n) is 18.3. The predicted octanol–water partition coefficient (Wildman–Crippen LogP) is 4.82. The summed E-state index contributed by atoms with van der Waals surface area (Å²) in [6.07, 6.45) is 4.10. The second-order valence-corrected chi connectivity index (χ2v) is 8.80. The van der Waals surface area contributed by atoms with Gasteiger partial charge >= 0.3 is 5.97 Å². The maximum Gasteiger partial charge on any atom is 0.306 e. The van der Waals surface area contributed by atoms with E-state index in [-0.39, 0.29) is 12.1 Å². The van der Waals surface area contributed by atoms with Gasteiger partial charge in [0.15, 0.2) is 5.82 Å². The number of rotatable bonds is 9. The lowest BCUT2D eigenvalue weighted by Gasteiger charge is -2.32. The number of halogens is 2. The lowest BCUT2D eigenvalue weighted by Crippen LogP contribution is -2.37. The van der Waals surface area contributed by atoms with Gasteiger partial charge in [-0.05, 0) is 55.9 Å². The van der Waals surface area contributed by atoms with Crippen LogP contribution in [0.2, 0.25) is 0 Å². The van der Waals surface area contributed by atoms with Crippen molar-refractivity contribution in [3.63, 3.8) is 0 Å². The summed E-state index contributed by atoms with van der Waals surface area (Å²) in [5.41, 5.74) is 1.66. The van der Waals surface area contributed by atoms with Crippen LogP contribution in [0.25, 0.3) is 11.3 Å². The van der Waals surface area contributed by atoms with Gasteiger partial charge in [0.05, 0.1) is 24.6 Å². The van der Waals surface area contributed by atoms with Crippen LogP contribution in [0.4, 0.5) is 14.6 Å². The molecule has 6 nitrogen and oxygen atoms in total. The number of nitrogens with zero attached hydrogens (tertiary/aromatic N) is 3. The summed E-state index contributed by atoms with van der Waals surface area (Å²) >= 11 is 0. The number of piperidine rings is 1. The molecule has 1 aromatic heterocycles. The minimum Gasteiger partial charge on any atom is -0.493 e. The average molecular weight is 446 g/mol. The smallest absolute Gasteiger partial charge is 0.306 e. The minimum atomic E-state index is -2.84. The van der Waals surface area contributed by atoms with Gasteiger partial charge in [0, 0.05) is 31.3 Å². The van der Waals surface area contributed by atoms with Crippen LogP contribution in [0.5, 0.6) is 5.75 Å². The first kappa shape index (κ1) is 22.4. The van der Waals surface area contributed by atoms with E-state index in [1.54, 1.807) is 0 Å². The standard InChI is InChI=1S/C24H29F2N3O3/c1-2-24(25,26)13-19-14-27-21(17-5-7-20(8-6-17)32-15-16-3-4-16)22(28-19)29-11-9-18(10-12-29)23(30)31/h5-8,14,16,18H,2-4,9-13,15H2,1H3,(H,30,31). The van der Waals surface area contributed by atoms with Crippen molar-refractivity contribution in [1.82, 2.24) is 9.97 Å². The Balaban J connectivity index is 1.59. The Labute approximate surface area is 186 Å². The Kier molecular flexibility index (Phi) is 6.58. The van der Waals surface area contributed by atoms with Crippen LogP contribution >= 0.6 is 0 Å². The van der Waals surface area contributed by atoms with E-state index in [0.717, 1.165) is 17.9 Å². The van der Waals surface area contributed by atoms with Crippen molar-refractivity contribution in [3.8, 4) is 17.0 Å². The van der Waals surface area contributed by atoms with Crippen molar-refractivity contribution in [2.75, 3.05) is 24.6 Å². The minimum absolute atomic E-state index is 0.236. The fraction of sp³-hybridized carbons (Fsp3) is 0.542. The SMILES string of the molecule is CCC(F)(F)Cc1cnc(-c2ccc(OCC3CC3)cc2)c(N2CCC(C(=O)O)CC2)n1. The largest absolute Gasteiger partial charge is 0.493 e. The Morgan fingerprint density at radius 3 is 2.47 bits per heavy atom. The van der Waals surface area contributed by atoms with Crippen molar-refractivity contribution in [3.05, 3.63) is 36.2 Å². The van der Waals surface area contributed by atoms with Crippen LogP contribution in [-0.4, -0.2) is 46.7 Å². The highest BCUT2D eigenvalue weighted by Gasteiger charge is 2.30. The zero-order valence-corrected chi connectivity index (χ0v) is 18.3. The number of carbonyl (C=O) groups is 1. The van der Waals surface area contributed by atoms with Crippen molar-refractivity contribution >= 4 is 11.8 Å². The number of carboxylic acids is 1. The van der Waals surface area contributed by atoms with Gasteiger partial charge in [-0.2, -0.15) is 0 Å². The molecule has 0 radical (unpaired) electrons. The number of aliphatic carboxylic acids is 1. The first-order chi connectivity index (χ1) is 15.3. The third kappa shape index (κ3) is 5.53. The Morgan fingerprint density at radius 1 is 1.19 bits per heavy atom. The monoisotopic (exact) mass is 445 g/mol. The molecule has 0 amide bonds. The Hall–Kier alpha value is -2.77. The molecule has 1 saturated heterocycles. The summed E-state index contributed by atoms with van der Waals surface area (Å²) in [4.78, 5) is 22.4. The second kappa shape index (κ2) is 9.38. The van der Waals surface area contributed by atoms with Crippen molar-refractivity contribution in [2.24, 2.45) is 11.8 Å². The van der Waals surface area contributed by atoms with E-state index in [9.17, 15) is 18.7 Å². The molecule has 1 N–H and O–H groups in total. The van der Waals surface area contributed by atoms with Gasteiger partial charge in [0.1, 0.15) is 11.4 Å². The van der Waals surface area contributed by atoms with Gasteiger partial charge in [-0.25, -0.2) is 13.8 Å². The van der Waals surface area contributed by atoms with E-state index < -0.39 is 24.2 Å². The lowest BCUT2D eigenvalue weighted by atomic mass is 9.97. The molecule has 2 aliphatic rings. The highest BCUT2D eigenvalue weighted by atomic mass is 19.3. The van der Waals surface area contributed by atoms with E-state index in [4.69, 9.17) is 4.74 Å². The molecule has 1 aromatic carbocycles. The maximum atomic E-state index is 14.0. The molecule has 1 aliphatic heterocycles. The molecule has 8 heteroatoms. The number of anilines is 1. The van der Waals surface area contributed by atoms with Crippen molar-refractivity contribution in [2.45, 2.75) is 51.4 Å². The van der Waals surface area contributed by atoms with Gasteiger partial charge in [0.2, 0.25) is 0 Å². The zero-order chi connectivity index (χ0) is 22.7. The fourth-order valence-electron chi connectivity index (χ4n) is 3.86. The topological polar surface area (TPSA) is 75.5 Å². The van der Waals surface area contributed by atoms with Gasteiger partial charge in [-0.1, -0.05) is 6.92 Å². The van der Waals surface area contributed by atoms with Crippen LogP contribution in [0.15, 0.2) is 30.5 Å². The highest BCUT2D eigenvalue weighted by Crippen LogP contribution is 2.34. The van der Waals surface area contributed by atoms with Crippen molar-refractivity contribution < 1.29 is 23.4 Å². The van der Waals surface area contributed by atoms with E-state index in [1.807, 2.05) is 29.2 Å². The quantitative estimate of drug-likeness (QED) is 0.596. The fourth-order valence-corrected chi connectivity index (χ4v) is 3.86. The number of benzene rings is 1. The molecule has 4 rings (SSSR count). The van der Waals surface area contributed by atoms with E-state index in [0.29, 0.717) is 43.4 Å². The number of alkyl halides is 2. The molecule has 32 heavy (non-hydrogen) atoms. The molecule has 1 aliphatic carbocycles. The molecular weight excluding hydrogens is 416 g/mol. The number of ether oxygens (including phenoxy) is 1. The Bertz CT molecular complexity index is 940. The molecule has 2 aromatic rings. The van der Waals surface area contributed by atoms with Gasteiger partial charge in [0.25, 0.3) is 5.92 Å². The summed E-state index contributed by atoms with van der Waals surface area (Å²) in [7, 11) is 0. The summed E-state index contributed by atoms with van der Waals surface area (Å²) in [6.45, 7) is 3.17. The number of carboxylic acid groups (broad SMARTS) is 1. The molecule has 172 valence electrons. The summed E-state index contributed by atoms with van der Waals surface area (Å²) < 4.78 is 33.8. The van der Waals surface area contributed by atoms with Crippen LogP contribution in [0.1, 0.15) is 44.7 Å². The number of hydrogen-bond acceptors (Lipinski definition) is 5. The Morgan fingerprint density at radius 2 is 1.88 bits per heavy atom. The van der Waals surface area contributed by atoms with Gasteiger partial charge < -0.3 is 14.7 Å². The van der Waals surface area contributed by atoms with Crippen LogP contribution in [0, 0.1) is 11.8 Å². The van der Waals surface area contributed by atoms with Crippen LogP contribution in [-0.2, 0) is 11.2 Å². The lowest BCUT2D eigenvalue weighted by molar-refractivity contribution is -0.142. The molecule has 2 heterocycles. The number of hydrogen-bond donors (Lipinski definition) is 1. The van der Waals surface area contributed by atoms with Crippen LogP contribution in [0.3, 0.4) is 0 Å². The van der Waals surface area contributed by atoms with Gasteiger partial charge in [-0.15, -0.1) is 0 Å². The molecule has 1 saturated carbocycles. The van der Waals surface area contributed by atoms with E-state index in [2.05, 4.69) is 9.97 Å². The molecule has 2 fully saturated rings. The molecular formula is C24H29F2N3O3. The molecule has 0 bridgehead atoms. The summed E-state index contributed by atoms with van der Waals surface area (Å²) in [5.74, 6) is -2.05. The first-order valence-electron chi connectivity index (χ1n) is 11.3. The second-order valence-electron chi connectivity index (χ2n) is 8.80. The number of aromatic nitrogens is 2. The predicted molar refractivity (Wildman–Crippen MR) is 117 cm³/mol. The van der Waals surface area contributed by atoms with E-state index in [1.165, 1.54) is 26.0 Å². The summed E-state index contributed by atoms with van der Waals surface area (Å²) in [5, 5.41) is 9.29. The molecule has 0 spiro atoms. The average Bonchev–Trinajstić information content (AvgIpc) is 3.62. The third-order valence-corrected chi connectivity index (χ3v) is 6.22. The highest BCUT2D eigenvalue weighted by molar-refractivity contribution is 5.74. The molecule has 0 unspecified atom stereocenters. The summed E-state index contributed by atoms with van der Waals surface area (Å²) in [6, 6.07) is 7.58.